The predicted octanol–water partition coefficient (Wildman–Crippen LogP) is 2.30. The summed E-state index contributed by atoms with van der Waals surface area (Å²) < 4.78 is 65.5. The summed E-state index contributed by atoms with van der Waals surface area (Å²) >= 11 is 5.55. The number of halogens is 4. The van der Waals surface area contributed by atoms with Crippen molar-refractivity contribution in [2.45, 2.75) is 11.1 Å². The molecule has 2 heterocycles. The van der Waals surface area contributed by atoms with E-state index in [1.54, 1.807) is 0 Å². The lowest BCUT2D eigenvalue weighted by Crippen LogP contribution is -2.50. The number of aromatic nitrogens is 2. The molecule has 7 nitrogen and oxygen atoms in total. The van der Waals surface area contributed by atoms with Gasteiger partial charge in [0.05, 0.1) is 21.7 Å². The topological polar surface area (TPSA) is 83.5 Å². The van der Waals surface area contributed by atoms with E-state index >= 15 is 0 Å². The average molecular weight is 435 g/mol. The maximum absolute atomic E-state index is 13.0. The monoisotopic (exact) mass is 434 g/mol. The van der Waals surface area contributed by atoms with Crippen LogP contribution in [0.15, 0.2) is 41.7 Å². The second-order valence-electron chi connectivity index (χ2n) is 5.93. The molecule has 150 valence electrons. The largest absolute Gasteiger partial charge is 0.417 e. The minimum atomic E-state index is -4.77. The molecule has 0 radical (unpaired) electrons. The smallest absolute Gasteiger partial charge is 0.335 e. The molecule has 1 saturated heterocycles. The lowest BCUT2D eigenvalue weighted by atomic mass is 10.2. The molecule has 28 heavy (non-hydrogen) atoms. The Morgan fingerprint density at radius 2 is 1.79 bits per heavy atom. The predicted molar refractivity (Wildman–Crippen MR) is 93.1 cm³/mol. The summed E-state index contributed by atoms with van der Waals surface area (Å²) in [7, 11) is -4.17. The molecule has 12 heteroatoms. The van der Waals surface area contributed by atoms with Gasteiger partial charge in [0.25, 0.3) is 5.91 Å². The molecular weight excluding hydrogens is 421 g/mol. The number of amides is 1. The summed E-state index contributed by atoms with van der Waals surface area (Å²) in [5.41, 5.74) is -1.09. The summed E-state index contributed by atoms with van der Waals surface area (Å²) in [5, 5.41) is -0.578. The number of carbonyl (C=O) groups excluding carboxylic acids is 1. The lowest BCUT2D eigenvalue weighted by Gasteiger charge is -2.33. The molecule has 1 fully saturated rings. The van der Waals surface area contributed by atoms with Gasteiger partial charge in [-0.05, 0) is 18.2 Å². The third-order valence-corrected chi connectivity index (χ3v) is 6.41. The first kappa shape index (κ1) is 20.5. The number of alkyl halides is 3. The van der Waals surface area contributed by atoms with Crippen molar-refractivity contribution in [3.63, 3.8) is 0 Å². The van der Waals surface area contributed by atoms with Crippen LogP contribution in [0.2, 0.25) is 5.02 Å². The Morgan fingerprint density at radius 3 is 2.36 bits per heavy atom. The highest BCUT2D eigenvalue weighted by atomic mass is 35.5. The molecule has 0 spiro atoms. The van der Waals surface area contributed by atoms with Gasteiger partial charge in [-0.1, -0.05) is 11.6 Å². The number of nitrogens with zero attached hydrogens (tertiary/aromatic N) is 4. The second kappa shape index (κ2) is 7.64. The van der Waals surface area contributed by atoms with Crippen LogP contribution < -0.4 is 0 Å². The maximum atomic E-state index is 13.0. The number of hydrogen-bond donors (Lipinski definition) is 0. The van der Waals surface area contributed by atoms with Gasteiger partial charge in [0.15, 0.2) is 0 Å². The molecule has 0 unspecified atom stereocenters. The van der Waals surface area contributed by atoms with E-state index in [2.05, 4.69) is 9.97 Å². The number of piperazine rings is 1. The first-order valence-electron chi connectivity index (χ1n) is 8.03. The van der Waals surface area contributed by atoms with Gasteiger partial charge in [-0.15, -0.1) is 0 Å². The highest BCUT2D eigenvalue weighted by Crippen LogP contribution is 2.36. The van der Waals surface area contributed by atoms with E-state index < -0.39 is 37.6 Å². The fraction of sp³-hybridized carbons (Fsp3) is 0.312. The Morgan fingerprint density at radius 1 is 1.11 bits per heavy atom. The minimum absolute atomic E-state index is 0.0572. The van der Waals surface area contributed by atoms with Crippen LogP contribution in [-0.4, -0.2) is 59.7 Å². The van der Waals surface area contributed by atoms with E-state index in [-0.39, 0.29) is 31.9 Å². The standard InChI is InChI=1S/C16H14ClF3N4O3S/c17-13-2-1-11(9-12(13)16(18,19)20)28(26,27)24-7-5-23(6-8-24)15(25)14-10-21-3-4-22-14/h1-4,9-10H,5-8H2. The molecule has 2 aromatic rings. The van der Waals surface area contributed by atoms with Crippen molar-refractivity contribution in [2.75, 3.05) is 26.2 Å². The van der Waals surface area contributed by atoms with Crippen LogP contribution in [0.5, 0.6) is 0 Å². The van der Waals surface area contributed by atoms with Crippen LogP contribution in [-0.2, 0) is 16.2 Å². The fourth-order valence-corrected chi connectivity index (χ4v) is 4.41. The normalized spacial score (nSPS) is 16.2. The number of benzene rings is 1. The van der Waals surface area contributed by atoms with Crippen molar-refractivity contribution in [1.29, 1.82) is 0 Å². The number of carbonyl (C=O) groups is 1. The Hall–Kier alpha value is -2.24. The zero-order chi connectivity index (χ0) is 20.5. The SMILES string of the molecule is O=C(c1cnccn1)N1CCN(S(=O)(=O)c2ccc(Cl)c(C(F)(F)F)c2)CC1. The number of hydrogen-bond acceptors (Lipinski definition) is 5. The maximum Gasteiger partial charge on any atom is 0.417 e. The first-order valence-corrected chi connectivity index (χ1v) is 9.84. The van der Waals surface area contributed by atoms with Crippen molar-refractivity contribution in [1.82, 2.24) is 19.2 Å². The lowest BCUT2D eigenvalue weighted by molar-refractivity contribution is -0.137. The van der Waals surface area contributed by atoms with Crippen LogP contribution in [0.25, 0.3) is 0 Å². The summed E-state index contributed by atoms with van der Waals surface area (Å²) in [4.78, 5) is 21.0. The van der Waals surface area contributed by atoms with Crippen molar-refractivity contribution in [2.24, 2.45) is 0 Å². The van der Waals surface area contributed by atoms with E-state index in [9.17, 15) is 26.4 Å². The Labute approximate surface area is 163 Å². The molecule has 0 atom stereocenters. The van der Waals surface area contributed by atoms with E-state index in [4.69, 9.17) is 11.6 Å². The third kappa shape index (κ3) is 4.10. The zero-order valence-electron chi connectivity index (χ0n) is 14.2. The first-order chi connectivity index (χ1) is 13.1. The van der Waals surface area contributed by atoms with E-state index in [0.29, 0.717) is 6.07 Å². The summed E-state index contributed by atoms with van der Waals surface area (Å²) in [6.07, 6.45) is -0.683. The van der Waals surface area contributed by atoms with Crippen molar-refractivity contribution in [3.8, 4) is 0 Å². The van der Waals surface area contributed by atoms with Gasteiger partial charge in [-0.25, -0.2) is 13.4 Å². The highest BCUT2D eigenvalue weighted by Gasteiger charge is 2.36. The van der Waals surface area contributed by atoms with Gasteiger partial charge in [-0.3, -0.25) is 9.78 Å². The molecule has 0 saturated carbocycles. The van der Waals surface area contributed by atoms with Crippen LogP contribution >= 0.6 is 11.6 Å². The third-order valence-electron chi connectivity index (χ3n) is 4.19. The number of rotatable bonds is 3. The molecule has 0 aliphatic carbocycles. The van der Waals surface area contributed by atoms with E-state index in [0.717, 1.165) is 16.4 Å². The van der Waals surface area contributed by atoms with Gasteiger partial charge in [-0.2, -0.15) is 17.5 Å². The van der Waals surface area contributed by atoms with Crippen LogP contribution in [0.3, 0.4) is 0 Å². The highest BCUT2D eigenvalue weighted by molar-refractivity contribution is 7.89. The van der Waals surface area contributed by atoms with Crippen LogP contribution in [0, 0.1) is 0 Å². The number of sulfonamides is 1. The second-order valence-corrected chi connectivity index (χ2v) is 8.27. The van der Waals surface area contributed by atoms with Crippen molar-refractivity contribution >= 4 is 27.5 Å². The molecule has 1 aliphatic rings. The summed E-state index contributed by atoms with van der Waals surface area (Å²) in [6.45, 7) is 0.0410. The molecule has 1 amide bonds. The molecule has 3 rings (SSSR count). The van der Waals surface area contributed by atoms with Gasteiger partial charge in [0, 0.05) is 38.6 Å². The van der Waals surface area contributed by atoms with Gasteiger partial charge in [0.2, 0.25) is 10.0 Å². The molecule has 1 aliphatic heterocycles. The molecule has 1 aromatic heterocycles. The van der Waals surface area contributed by atoms with Gasteiger partial charge >= 0.3 is 6.18 Å². The van der Waals surface area contributed by atoms with E-state index in [1.165, 1.54) is 23.5 Å². The Bertz CT molecular complexity index is 978. The molecule has 1 aromatic carbocycles. The van der Waals surface area contributed by atoms with E-state index in [1.807, 2.05) is 0 Å². The summed E-state index contributed by atoms with van der Waals surface area (Å²) in [6, 6.07) is 2.46. The van der Waals surface area contributed by atoms with Crippen LogP contribution in [0.1, 0.15) is 16.1 Å². The Kier molecular flexibility index (Phi) is 5.60. The fourth-order valence-electron chi connectivity index (χ4n) is 2.73. The van der Waals surface area contributed by atoms with Gasteiger partial charge < -0.3 is 4.90 Å². The molecule has 0 bridgehead atoms. The Balaban J connectivity index is 1.76. The van der Waals surface area contributed by atoms with Crippen molar-refractivity contribution < 1.29 is 26.4 Å². The zero-order valence-corrected chi connectivity index (χ0v) is 15.8. The molecular formula is C16H14ClF3N4O3S. The average Bonchev–Trinajstić information content (AvgIpc) is 2.67. The van der Waals surface area contributed by atoms with Gasteiger partial charge in [0.1, 0.15) is 5.69 Å². The van der Waals surface area contributed by atoms with Crippen molar-refractivity contribution in [3.05, 3.63) is 53.1 Å². The quantitative estimate of drug-likeness (QED) is 0.740. The molecule has 0 N–H and O–H groups in total. The minimum Gasteiger partial charge on any atom is -0.335 e. The summed E-state index contributed by atoms with van der Waals surface area (Å²) in [5.74, 6) is -0.393. The van der Waals surface area contributed by atoms with Crippen LogP contribution in [0.4, 0.5) is 13.2 Å².